The fourth-order valence-electron chi connectivity index (χ4n) is 1.63. The summed E-state index contributed by atoms with van der Waals surface area (Å²) in [5.41, 5.74) is 1.75. The third-order valence-electron chi connectivity index (χ3n) is 2.60. The van der Waals surface area contributed by atoms with E-state index in [1.54, 1.807) is 18.2 Å². The summed E-state index contributed by atoms with van der Waals surface area (Å²) in [6.07, 6.45) is 0. The van der Waals surface area contributed by atoms with Gasteiger partial charge >= 0.3 is 0 Å². The predicted molar refractivity (Wildman–Crippen MR) is 79.7 cm³/mol. The number of hydrogen-bond acceptors (Lipinski definition) is 3. The van der Waals surface area contributed by atoms with E-state index in [0.29, 0.717) is 16.3 Å². The van der Waals surface area contributed by atoms with Crippen LogP contribution in [0.4, 0.5) is 11.4 Å². The molecule has 0 atom stereocenters. The van der Waals surface area contributed by atoms with E-state index in [0.717, 1.165) is 5.69 Å². The Bertz CT molecular complexity index is 650. The Labute approximate surface area is 122 Å². The summed E-state index contributed by atoms with van der Waals surface area (Å²) >= 11 is 5.83. The molecule has 4 nitrogen and oxygen atoms in total. The number of carbonyl (C=O) groups is 1. The van der Waals surface area contributed by atoms with Crippen LogP contribution in [0.5, 0.6) is 0 Å². The van der Waals surface area contributed by atoms with Crippen molar-refractivity contribution in [3.63, 3.8) is 0 Å². The summed E-state index contributed by atoms with van der Waals surface area (Å²) in [5, 5.41) is 14.9. The van der Waals surface area contributed by atoms with Gasteiger partial charge in [-0.25, -0.2) is 0 Å². The number of nitrogens with one attached hydrogen (secondary N) is 2. The molecular formula is C15H12ClN3O. The number of hydrogen-bond donors (Lipinski definition) is 2. The fraction of sp³-hybridized carbons (Fsp3) is 0.0667. The van der Waals surface area contributed by atoms with Crippen molar-refractivity contribution in [3.8, 4) is 6.07 Å². The van der Waals surface area contributed by atoms with E-state index in [9.17, 15) is 4.79 Å². The smallest absolute Gasteiger partial charge is 0.243 e. The lowest BCUT2D eigenvalue weighted by Crippen LogP contribution is -2.21. The lowest BCUT2D eigenvalue weighted by atomic mass is 10.2. The topological polar surface area (TPSA) is 64.9 Å². The minimum absolute atomic E-state index is 0.147. The molecule has 0 aliphatic carbocycles. The van der Waals surface area contributed by atoms with Crippen LogP contribution in [0, 0.1) is 11.3 Å². The van der Waals surface area contributed by atoms with Crippen molar-refractivity contribution in [1.29, 1.82) is 5.26 Å². The number of para-hydroxylation sites is 1. The summed E-state index contributed by atoms with van der Waals surface area (Å²) in [7, 11) is 0. The molecule has 1 amide bonds. The Morgan fingerprint density at radius 1 is 1.15 bits per heavy atom. The van der Waals surface area contributed by atoms with Crippen LogP contribution in [0.2, 0.25) is 5.02 Å². The van der Waals surface area contributed by atoms with E-state index in [4.69, 9.17) is 16.9 Å². The lowest BCUT2D eigenvalue weighted by molar-refractivity contribution is -0.114. The molecule has 0 aliphatic rings. The molecule has 0 saturated carbocycles. The average molecular weight is 286 g/mol. The van der Waals surface area contributed by atoms with E-state index in [-0.39, 0.29) is 12.5 Å². The number of benzene rings is 2. The molecule has 0 radical (unpaired) electrons. The van der Waals surface area contributed by atoms with Gasteiger partial charge in [0, 0.05) is 11.4 Å². The van der Waals surface area contributed by atoms with Gasteiger partial charge in [-0.2, -0.15) is 5.26 Å². The van der Waals surface area contributed by atoms with E-state index in [1.165, 1.54) is 0 Å². The van der Waals surface area contributed by atoms with Crippen LogP contribution in [0.1, 0.15) is 5.56 Å². The molecule has 2 N–H and O–H groups in total. The largest absolute Gasteiger partial charge is 0.376 e. The first-order valence-corrected chi connectivity index (χ1v) is 6.35. The Balaban J connectivity index is 1.93. The van der Waals surface area contributed by atoms with E-state index < -0.39 is 0 Å². The second kappa shape index (κ2) is 6.60. The van der Waals surface area contributed by atoms with Crippen LogP contribution in [0.15, 0.2) is 48.5 Å². The van der Waals surface area contributed by atoms with E-state index in [1.807, 2.05) is 36.4 Å². The highest BCUT2D eigenvalue weighted by Crippen LogP contribution is 2.19. The number of nitriles is 1. The van der Waals surface area contributed by atoms with Gasteiger partial charge in [-0.1, -0.05) is 29.8 Å². The summed E-state index contributed by atoms with van der Waals surface area (Å²) in [6.45, 7) is 0.147. The Morgan fingerprint density at radius 3 is 2.60 bits per heavy atom. The molecule has 0 aromatic heterocycles. The Hall–Kier alpha value is -2.51. The molecule has 0 aliphatic heterocycles. The van der Waals surface area contributed by atoms with Gasteiger partial charge in [-0.3, -0.25) is 4.79 Å². The monoisotopic (exact) mass is 285 g/mol. The number of nitrogens with zero attached hydrogens (tertiary/aromatic N) is 1. The fourth-order valence-corrected chi connectivity index (χ4v) is 1.79. The number of anilines is 2. The highest BCUT2D eigenvalue weighted by atomic mass is 35.5. The molecule has 0 saturated heterocycles. The zero-order valence-corrected chi connectivity index (χ0v) is 11.3. The molecule has 2 aromatic rings. The Morgan fingerprint density at radius 2 is 1.90 bits per heavy atom. The van der Waals surface area contributed by atoms with Crippen LogP contribution in [0.3, 0.4) is 0 Å². The molecule has 2 aromatic carbocycles. The maximum absolute atomic E-state index is 11.8. The standard InChI is InChI=1S/C15H12ClN3O/c16-14-7-6-13(8-11(14)9-17)19-15(20)10-18-12-4-2-1-3-5-12/h1-8,18H,10H2,(H,19,20). The summed E-state index contributed by atoms with van der Waals surface area (Å²) in [4.78, 5) is 11.8. The second-order valence-electron chi connectivity index (χ2n) is 4.07. The molecule has 0 bridgehead atoms. The van der Waals surface area contributed by atoms with Gasteiger partial charge in [0.05, 0.1) is 17.1 Å². The van der Waals surface area contributed by atoms with E-state index in [2.05, 4.69) is 10.6 Å². The quantitative estimate of drug-likeness (QED) is 0.906. The van der Waals surface area contributed by atoms with Crippen molar-refractivity contribution >= 4 is 28.9 Å². The van der Waals surface area contributed by atoms with Crippen molar-refractivity contribution in [2.45, 2.75) is 0 Å². The van der Waals surface area contributed by atoms with Crippen molar-refractivity contribution in [2.24, 2.45) is 0 Å². The van der Waals surface area contributed by atoms with Gasteiger partial charge < -0.3 is 10.6 Å². The van der Waals surface area contributed by atoms with Gasteiger partial charge in [-0.05, 0) is 30.3 Å². The van der Waals surface area contributed by atoms with Crippen LogP contribution < -0.4 is 10.6 Å². The van der Waals surface area contributed by atoms with Gasteiger partial charge in [0.1, 0.15) is 6.07 Å². The summed E-state index contributed by atoms with van der Waals surface area (Å²) in [6, 6.07) is 16.2. The zero-order chi connectivity index (χ0) is 14.4. The van der Waals surface area contributed by atoms with Crippen molar-refractivity contribution in [3.05, 3.63) is 59.1 Å². The van der Waals surface area contributed by atoms with E-state index >= 15 is 0 Å². The predicted octanol–water partition coefficient (Wildman–Crippen LogP) is 3.26. The summed E-state index contributed by atoms with van der Waals surface area (Å²) in [5.74, 6) is -0.194. The zero-order valence-electron chi connectivity index (χ0n) is 10.6. The highest BCUT2D eigenvalue weighted by Gasteiger charge is 2.05. The third-order valence-corrected chi connectivity index (χ3v) is 2.93. The van der Waals surface area contributed by atoms with Gasteiger partial charge in [0.25, 0.3) is 0 Å². The second-order valence-corrected chi connectivity index (χ2v) is 4.48. The maximum atomic E-state index is 11.8. The number of rotatable bonds is 4. The van der Waals surface area contributed by atoms with Crippen molar-refractivity contribution in [1.82, 2.24) is 0 Å². The van der Waals surface area contributed by atoms with Crippen molar-refractivity contribution < 1.29 is 4.79 Å². The molecule has 0 heterocycles. The maximum Gasteiger partial charge on any atom is 0.243 e. The van der Waals surface area contributed by atoms with Crippen LogP contribution in [-0.4, -0.2) is 12.5 Å². The molecule has 0 spiro atoms. The van der Waals surface area contributed by atoms with Crippen LogP contribution in [0.25, 0.3) is 0 Å². The molecule has 0 fully saturated rings. The first kappa shape index (κ1) is 13.9. The van der Waals surface area contributed by atoms with Gasteiger partial charge in [0.2, 0.25) is 5.91 Å². The lowest BCUT2D eigenvalue weighted by Gasteiger charge is -2.08. The minimum atomic E-state index is -0.194. The van der Waals surface area contributed by atoms with Crippen molar-refractivity contribution in [2.75, 3.05) is 17.2 Å². The molecule has 100 valence electrons. The number of halogens is 1. The van der Waals surface area contributed by atoms with Crippen LogP contribution >= 0.6 is 11.6 Å². The van der Waals surface area contributed by atoms with Gasteiger partial charge in [-0.15, -0.1) is 0 Å². The normalized spacial score (nSPS) is 9.60. The summed E-state index contributed by atoms with van der Waals surface area (Å²) < 4.78 is 0. The minimum Gasteiger partial charge on any atom is -0.376 e. The third kappa shape index (κ3) is 3.74. The van der Waals surface area contributed by atoms with Crippen LogP contribution in [-0.2, 0) is 4.79 Å². The molecule has 2 rings (SSSR count). The molecular weight excluding hydrogens is 274 g/mol. The average Bonchev–Trinajstić information content (AvgIpc) is 2.48. The Kier molecular flexibility index (Phi) is 4.59. The highest BCUT2D eigenvalue weighted by molar-refractivity contribution is 6.31. The number of amides is 1. The molecule has 20 heavy (non-hydrogen) atoms. The SMILES string of the molecule is N#Cc1cc(NC(=O)CNc2ccccc2)ccc1Cl. The first-order valence-electron chi connectivity index (χ1n) is 5.97. The van der Waals surface area contributed by atoms with Gasteiger partial charge in [0.15, 0.2) is 0 Å². The first-order chi connectivity index (χ1) is 9.69. The molecule has 0 unspecified atom stereocenters. The molecule has 5 heteroatoms. The number of carbonyl (C=O) groups excluding carboxylic acids is 1.